The molecular formula is C15H17N3O4S2. The summed E-state index contributed by atoms with van der Waals surface area (Å²) in [6.45, 7) is 1.77. The molecule has 24 heavy (non-hydrogen) atoms. The average molecular weight is 367 g/mol. The Morgan fingerprint density at radius 1 is 1.29 bits per heavy atom. The van der Waals surface area contributed by atoms with Crippen LogP contribution in [0.15, 0.2) is 33.9 Å². The number of sulfonamides is 1. The lowest BCUT2D eigenvalue weighted by Gasteiger charge is -2.09. The van der Waals surface area contributed by atoms with Crippen molar-refractivity contribution in [2.24, 2.45) is 0 Å². The van der Waals surface area contributed by atoms with Gasteiger partial charge in [0.2, 0.25) is 15.9 Å². The number of thioether (sulfide) groups is 1. The zero-order chi connectivity index (χ0) is 17.3. The molecule has 1 atom stereocenters. The molecule has 1 aliphatic carbocycles. The Bertz CT molecular complexity index is 842. The zero-order valence-electron chi connectivity index (χ0n) is 13.2. The Hall–Kier alpha value is -1.87. The van der Waals surface area contributed by atoms with Crippen LogP contribution < -0.4 is 4.72 Å². The van der Waals surface area contributed by atoms with E-state index in [4.69, 9.17) is 4.42 Å². The molecule has 3 rings (SSSR count). The fourth-order valence-corrected chi connectivity index (χ4v) is 3.45. The quantitative estimate of drug-likeness (QED) is 0.593. The van der Waals surface area contributed by atoms with Crippen molar-refractivity contribution in [1.82, 2.24) is 10.2 Å². The van der Waals surface area contributed by atoms with Gasteiger partial charge in [-0.1, -0.05) is 11.8 Å². The summed E-state index contributed by atoms with van der Waals surface area (Å²) in [5.41, 5.74) is 0.913. The summed E-state index contributed by atoms with van der Waals surface area (Å²) in [5.74, 6) is 0.943. The van der Waals surface area contributed by atoms with Crippen molar-refractivity contribution in [1.29, 1.82) is 0 Å². The summed E-state index contributed by atoms with van der Waals surface area (Å²) in [5, 5.41) is 7.97. The first kappa shape index (κ1) is 17.0. The lowest BCUT2D eigenvalue weighted by atomic mass is 10.1. The average Bonchev–Trinajstić information content (AvgIpc) is 3.26. The van der Waals surface area contributed by atoms with Gasteiger partial charge in [-0.2, -0.15) is 0 Å². The van der Waals surface area contributed by atoms with Crippen LogP contribution in [-0.2, 0) is 10.0 Å². The summed E-state index contributed by atoms with van der Waals surface area (Å²) in [7, 11) is -3.33. The Kier molecular flexibility index (Phi) is 4.64. The standard InChI is InChI=1S/C15H17N3O4S2/c1-9(23-15-17-16-14(22-15)11-3-4-11)13(19)10-5-7-12(8-6-10)18-24(2,20)21/h5-9,11,18H,3-4H2,1-2H3/t9-/m0/s1. The molecule has 1 saturated carbocycles. The molecule has 2 aromatic rings. The number of nitrogens with one attached hydrogen (secondary N) is 1. The molecule has 9 heteroatoms. The van der Waals surface area contributed by atoms with E-state index in [9.17, 15) is 13.2 Å². The molecular weight excluding hydrogens is 350 g/mol. The molecule has 0 radical (unpaired) electrons. The molecule has 7 nitrogen and oxygen atoms in total. The third-order valence-electron chi connectivity index (χ3n) is 3.47. The highest BCUT2D eigenvalue weighted by Crippen LogP contribution is 2.40. The van der Waals surface area contributed by atoms with Crippen molar-refractivity contribution in [3.63, 3.8) is 0 Å². The molecule has 0 aliphatic heterocycles. The summed E-state index contributed by atoms with van der Waals surface area (Å²) in [6.07, 6.45) is 3.23. The van der Waals surface area contributed by atoms with Gasteiger partial charge in [0.05, 0.1) is 11.5 Å². The zero-order valence-corrected chi connectivity index (χ0v) is 14.9. The molecule has 0 bridgehead atoms. The Balaban J connectivity index is 1.63. The van der Waals surface area contributed by atoms with Gasteiger partial charge in [-0.25, -0.2) is 8.42 Å². The minimum atomic E-state index is -3.33. The number of nitrogens with zero attached hydrogens (tertiary/aromatic N) is 2. The van der Waals surface area contributed by atoms with Crippen LogP contribution in [0.4, 0.5) is 5.69 Å². The van der Waals surface area contributed by atoms with Gasteiger partial charge in [-0.15, -0.1) is 10.2 Å². The second-order valence-electron chi connectivity index (χ2n) is 5.76. The second-order valence-corrected chi connectivity index (χ2v) is 8.80. The van der Waals surface area contributed by atoms with E-state index in [0.717, 1.165) is 19.1 Å². The lowest BCUT2D eigenvalue weighted by Crippen LogP contribution is -2.14. The maximum absolute atomic E-state index is 12.4. The van der Waals surface area contributed by atoms with Crippen molar-refractivity contribution in [3.8, 4) is 0 Å². The van der Waals surface area contributed by atoms with Crippen LogP contribution in [-0.4, -0.2) is 35.9 Å². The number of rotatable bonds is 7. The molecule has 1 N–H and O–H groups in total. The first-order valence-corrected chi connectivity index (χ1v) is 10.2. The number of carbonyl (C=O) groups is 1. The number of anilines is 1. The van der Waals surface area contributed by atoms with E-state index < -0.39 is 10.0 Å². The number of ketones is 1. The van der Waals surface area contributed by atoms with Crippen molar-refractivity contribution in [2.75, 3.05) is 11.0 Å². The SMILES string of the molecule is C[C@H](Sc1nnc(C2CC2)o1)C(=O)c1ccc(NS(C)(=O)=O)cc1. The van der Waals surface area contributed by atoms with Gasteiger partial charge in [-0.3, -0.25) is 9.52 Å². The summed E-state index contributed by atoms with van der Waals surface area (Å²) in [4.78, 5) is 12.4. The first-order chi connectivity index (χ1) is 11.3. The highest BCUT2D eigenvalue weighted by Gasteiger charge is 2.30. The summed E-state index contributed by atoms with van der Waals surface area (Å²) >= 11 is 1.23. The highest BCUT2D eigenvalue weighted by atomic mass is 32.2. The van der Waals surface area contributed by atoms with Crippen LogP contribution in [0, 0.1) is 0 Å². The van der Waals surface area contributed by atoms with Crippen LogP contribution in [0.3, 0.4) is 0 Å². The number of aromatic nitrogens is 2. The number of hydrogen-bond acceptors (Lipinski definition) is 7. The van der Waals surface area contributed by atoms with Crippen LogP contribution in [0.5, 0.6) is 0 Å². The Morgan fingerprint density at radius 3 is 2.54 bits per heavy atom. The predicted octanol–water partition coefficient (Wildman–Crippen LogP) is 2.68. The van der Waals surface area contributed by atoms with Crippen LogP contribution in [0.2, 0.25) is 0 Å². The fraction of sp³-hybridized carbons (Fsp3) is 0.400. The molecule has 0 spiro atoms. The summed E-state index contributed by atoms with van der Waals surface area (Å²) in [6, 6.07) is 6.31. The molecule has 0 unspecified atom stereocenters. The highest BCUT2D eigenvalue weighted by molar-refractivity contribution is 8.00. The van der Waals surface area contributed by atoms with E-state index >= 15 is 0 Å². The third kappa shape index (κ3) is 4.35. The monoisotopic (exact) mass is 367 g/mol. The van der Waals surface area contributed by atoms with Crippen molar-refractivity contribution < 1.29 is 17.6 Å². The van der Waals surface area contributed by atoms with Gasteiger partial charge in [-0.05, 0) is 44.0 Å². The number of carbonyl (C=O) groups excluding carboxylic acids is 1. The molecule has 1 aromatic carbocycles. The van der Waals surface area contributed by atoms with Crippen molar-refractivity contribution >= 4 is 33.3 Å². The number of hydrogen-bond donors (Lipinski definition) is 1. The van der Waals surface area contributed by atoms with E-state index in [-0.39, 0.29) is 11.0 Å². The Labute approximate surface area is 144 Å². The van der Waals surface area contributed by atoms with Crippen molar-refractivity contribution in [3.05, 3.63) is 35.7 Å². The van der Waals surface area contributed by atoms with E-state index in [1.165, 1.54) is 11.8 Å². The minimum absolute atomic E-state index is 0.0860. The number of benzene rings is 1. The van der Waals surface area contributed by atoms with Crippen molar-refractivity contribution in [2.45, 2.75) is 36.2 Å². The topological polar surface area (TPSA) is 102 Å². The molecule has 1 fully saturated rings. The Morgan fingerprint density at radius 2 is 1.96 bits per heavy atom. The molecule has 128 valence electrons. The smallest absolute Gasteiger partial charge is 0.277 e. The second kappa shape index (κ2) is 6.56. The lowest BCUT2D eigenvalue weighted by molar-refractivity contribution is 0.0993. The molecule has 0 saturated heterocycles. The summed E-state index contributed by atoms with van der Waals surface area (Å²) < 4.78 is 30.3. The van der Waals surface area contributed by atoms with Gasteiger partial charge >= 0.3 is 0 Å². The van der Waals surface area contributed by atoms with E-state index in [0.29, 0.717) is 28.3 Å². The van der Waals surface area contributed by atoms with Gasteiger partial charge in [0, 0.05) is 17.2 Å². The molecule has 1 aliphatic rings. The maximum Gasteiger partial charge on any atom is 0.277 e. The maximum atomic E-state index is 12.4. The largest absolute Gasteiger partial charge is 0.416 e. The first-order valence-electron chi connectivity index (χ1n) is 7.44. The van der Waals surface area contributed by atoms with E-state index in [2.05, 4.69) is 14.9 Å². The predicted molar refractivity (Wildman–Crippen MR) is 90.8 cm³/mol. The fourth-order valence-electron chi connectivity index (χ4n) is 2.12. The van der Waals surface area contributed by atoms with Crippen LogP contribution in [0.25, 0.3) is 0 Å². The van der Waals surface area contributed by atoms with Gasteiger partial charge in [0.15, 0.2) is 5.78 Å². The van der Waals surface area contributed by atoms with Gasteiger partial charge in [0.1, 0.15) is 0 Å². The van der Waals surface area contributed by atoms with E-state index in [1.807, 2.05) is 0 Å². The normalized spacial score (nSPS) is 15.9. The van der Waals surface area contributed by atoms with Crippen LogP contribution >= 0.6 is 11.8 Å². The minimum Gasteiger partial charge on any atom is -0.416 e. The van der Waals surface area contributed by atoms with Crippen LogP contribution in [0.1, 0.15) is 41.9 Å². The molecule has 1 aromatic heterocycles. The van der Waals surface area contributed by atoms with Gasteiger partial charge in [0.25, 0.3) is 5.22 Å². The van der Waals surface area contributed by atoms with Gasteiger partial charge < -0.3 is 4.42 Å². The third-order valence-corrected chi connectivity index (χ3v) is 5.01. The van der Waals surface area contributed by atoms with E-state index in [1.54, 1.807) is 31.2 Å². The number of Topliss-reactive ketones (excluding diaryl/α,β-unsaturated/α-hetero) is 1. The molecule has 0 amide bonds. The molecule has 1 heterocycles.